The van der Waals surface area contributed by atoms with Crippen molar-refractivity contribution >= 4 is 21.4 Å². The van der Waals surface area contributed by atoms with Gasteiger partial charge >= 0.3 is 0 Å². The molecule has 0 saturated heterocycles. The van der Waals surface area contributed by atoms with E-state index in [0.29, 0.717) is 11.6 Å². The van der Waals surface area contributed by atoms with Gasteiger partial charge < -0.3 is 10.4 Å². The fraction of sp³-hybridized carbons (Fsp3) is 0.500. The van der Waals surface area contributed by atoms with E-state index in [1.165, 1.54) is 6.26 Å². The van der Waals surface area contributed by atoms with Gasteiger partial charge in [-0.2, -0.15) is 0 Å². The Morgan fingerprint density at radius 2 is 1.94 bits per heavy atom. The molecule has 0 radical (unpaired) electrons. The SMILES string of the molecule is CC(C)(O)c1cccn2c(-c3ccnc(N[C@H]4CC[C@H](CS(C)(=O)=O)CC4)n3)cnc12. The largest absolute Gasteiger partial charge is 0.386 e. The molecule has 3 heterocycles. The fourth-order valence-electron chi connectivity index (χ4n) is 4.33. The van der Waals surface area contributed by atoms with E-state index < -0.39 is 15.4 Å². The van der Waals surface area contributed by atoms with E-state index in [2.05, 4.69) is 20.3 Å². The van der Waals surface area contributed by atoms with Crippen LogP contribution in [-0.2, 0) is 15.4 Å². The van der Waals surface area contributed by atoms with Gasteiger partial charge in [0, 0.05) is 30.3 Å². The number of aliphatic hydroxyl groups is 1. The summed E-state index contributed by atoms with van der Waals surface area (Å²) in [5, 5.41) is 13.9. The van der Waals surface area contributed by atoms with Crippen LogP contribution in [-0.4, -0.2) is 50.9 Å². The van der Waals surface area contributed by atoms with Crippen LogP contribution in [0.1, 0.15) is 45.1 Å². The van der Waals surface area contributed by atoms with Crippen molar-refractivity contribution in [2.75, 3.05) is 17.3 Å². The number of anilines is 1. The number of hydrogen-bond donors (Lipinski definition) is 2. The van der Waals surface area contributed by atoms with E-state index in [4.69, 9.17) is 0 Å². The maximum atomic E-state index is 11.5. The van der Waals surface area contributed by atoms with Crippen LogP contribution in [0.15, 0.2) is 36.8 Å². The summed E-state index contributed by atoms with van der Waals surface area (Å²) in [6, 6.07) is 5.84. The standard InChI is InChI=1S/C22H29N5O3S/c1-22(2,28)17-5-4-12-27-19(13-24-20(17)27)18-10-11-23-21(26-18)25-16-8-6-15(7-9-16)14-31(3,29)30/h4-5,10-13,15-16,28H,6-9,14H2,1-3H3,(H,23,25,26)/t15-,16-. The lowest BCUT2D eigenvalue weighted by Gasteiger charge is -2.28. The summed E-state index contributed by atoms with van der Waals surface area (Å²) < 4.78 is 25.0. The highest BCUT2D eigenvalue weighted by molar-refractivity contribution is 7.90. The van der Waals surface area contributed by atoms with Crippen molar-refractivity contribution in [3.05, 3.63) is 42.4 Å². The average Bonchev–Trinajstić information content (AvgIpc) is 3.12. The van der Waals surface area contributed by atoms with Gasteiger partial charge in [0.25, 0.3) is 0 Å². The maximum Gasteiger partial charge on any atom is 0.223 e. The number of sulfone groups is 1. The molecule has 0 amide bonds. The van der Waals surface area contributed by atoms with Gasteiger partial charge in [-0.15, -0.1) is 0 Å². The lowest BCUT2D eigenvalue weighted by Crippen LogP contribution is -2.29. The van der Waals surface area contributed by atoms with Gasteiger partial charge in [-0.3, -0.25) is 4.40 Å². The molecule has 0 atom stereocenters. The summed E-state index contributed by atoms with van der Waals surface area (Å²) in [4.78, 5) is 13.6. The molecule has 0 aromatic carbocycles. The van der Waals surface area contributed by atoms with Crippen LogP contribution in [0.3, 0.4) is 0 Å². The van der Waals surface area contributed by atoms with E-state index in [1.807, 2.05) is 28.8 Å². The molecule has 3 aromatic heterocycles. The molecule has 9 heteroatoms. The van der Waals surface area contributed by atoms with Gasteiger partial charge in [0.2, 0.25) is 5.95 Å². The molecule has 0 spiro atoms. The summed E-state index contributed by atoms with van der Waals surface area (Å²) in [5.74, 6) is 1.06. The molecular weight excluding hydrogens is 414 g/mol. The predicted molar refractivity (Wildman–Crippen MR) is 121 cm³/mol. The molecule has 166 valence electrons. The lowest BCUT2D eigenvalue weighted by molar-refractivity contribution is 0.0796. The third-order valence-corrected chi connectivity index (χ3v) is 6.91. The van der Waals surface area contributed by atoms with Crippen molar-refractivity contribution in [3.8, 4) is 11.4 Å². The lowest BCUT2D eigenvalue weighted by atomic mass is 9.87. The first-order chi connectivity index (χ1) is 14.6. The van der Waals surface area contributed by atoms with Crippen molar-refractivity contribution in [1.29, 1.82) is 0 Å². The van der Waals surface area contributed by atoms with Crippen molar-refractivity contribution in [2.24, 2.45) is 5.92 Å². The molecule has 0 aliphatic heterocycles. The summed E-state index contributed by atoms with van der Waals surface area (Å²) in [6.45, 7) is 3.49. The second kappa shape index (κ2) is 8.20. The Morgan fingerprint density at radius 1 is 1.19 bits per heavy atom. The first kappa shape index (κ1) is 21.7. The monoisotopic (exact) mass is 443 g/mol. The highest BCUT2D eigenvalue weighted by atomic mass is 32.2. The highest BCUT2D eigenvalue weighted by Crippen LogP contribution is 2.29. The summed E-state index contributed by atoms with van der Waals surface area (Å²) in [5.41, 5.74) is 2.01. The number of pyridine rings is 1. The second-order valence-corrected chi connectivity index (χ2v) is 11.2. The van der Waals surface area contributed by atoms with Gasteiger partial charge in [-0.1, -0.05) is 6.07 Å². The van der Waals surface area contributed by atoms with Crippen LogP contribution < -0.4 is 5.32 Å². The Morgan fingerprint density at radius 3 is 2.61 bits per heavy atom. The third kappa shape index (κ3) is 5.04. The number of nitrogens with zero attached hydrogens (tertiary/aromatic N) is 4. The van der Waals surface area contributed by atoms with Crippen molar-refractivity contribution in [1.82, 2.24) is 19.4 Å². The highest BCUT2D eigenvalue weighted by Gasteiger charge is 2.25. The quantitative estimate of drug-likeness (QED) is 0.602. The molecule has 1 aliphatic carbocycles. The van der Waals surface area contributed by atoms with E-state index in [-0.39, 0.29) is 17.7 Å². The number of rotatable bonds is 6. The number of nitrogens with one attached hydrogen (secondary N) is 1. The minimum Gasteiger partial charge on any atom is -0.386 e. The zero-order valence-corrected chi connectivity index (χ0v) is 18.9. The molecule has 4 rings (SSSR count). The molecule has 0 unspecified atom stereocenters. The molecule has 31 heavy (non-hydrogen) atoms. The van der Waals surface area contributed by atoms with E-state index >= 15 is 0 Å². The first-order valence-corrected chi connectivity index (χ1v) is 12.6. The number of imidazole rings is 1. The zero-order valence-electron chi connectivity index (χ0n) is 18.1. The van der Waals surface area contributed by atoms with Crippen molar-refractivity contribution in [2.45, 2.75) is 51.2 Å². The van der Waals surface area contributed by atoms with Crippen LogP contribution in [0.25, 0.3) is 17.0 Å². The van der Waals surface area contributed by atoms with Crippen LogP contribution in [0.4, 0.5) is 5.95 Å². The smallest absolute Gasteiger partial charge is 0.223 e. The molecule has 0 bridgehead atoms. The summed E-state index contributed by atoms with van der Waals surface area (Å²) in [6.07, 6.45) is 10.3. The first-order valence-electron chi connectivity index (χ1n) is 10.6. The van der Waals surface area contributed by atoms with Crippen molar-refractivity contribution < 1.29 is 13.5 Å². The van der Waals surface area contributed by atoms with Crippen LogP contribution >= 0.6 is 0 Å². The number of fused-ring (bicyclic) bond motifs is 1. The second-order valence-electron chi connectivity index (χ2n) is 9.04. The molecule has 2 N–H and O–H groups in total. The summed E-state index contributed by atoms with van der Waals surface area (Å²) >= 11 is 0. The molecule has 1 aliphatic rings. The Kier molecular flexibility index (Phi) is 5.74. The average molecular weight is 444 g/mol. The van der Waals surface area contributed by atoms with Gasteiger partial charge in [-0.25, -0.2) is 23.4 Å². The Hall–Kier alpha value is -2.52. The fourth-order valence-corrected chi connectivity index (χ4v) is 5.52. The maximum absolute atomic E-state index is 11.5. The molecule has 1 saturated carbocycles. The molecule has 8 nitrogen and oxygen atoms in total. The minimum absolute atomic E-state index is 0.232. The Bertz CT molecular complexity index is 1180. The van der Waals surface area contributed by atoms with E-state index in [9.17, 15) is 13.5 Å². The van der Waals surface area contributed by atoms with Crippen LogP contribution in [0.5, 0.6) is 0 Å². The van der Waals surface area contributed by atoms with E-state index in [1.54, 1.807) is 26.2 Å². The van der Waals surface area contributed by atoms with E-state index in [0.717, 1.165) is 42.6 Å². The van der Waals surface area contributed by atoms with Gasteiger partial charge in [-0.05, 0) is 57.6 Å². The normalized spacial score (nSPS) is 20.1. The number of aromatic nitrogens is 4. The topological polar surface area (TPSA) is 109 Å². The van der Waals surface area contributed by atoms with Gasteiger partial charge in [0.15, 0.2) is 0 Å². The Balaban J connectivity index is 1.51. The van der Waals surface area contributed by atoms with Crippen molar-refractivity contribution in [3.63, 3.8) is 0 Å². The zero-order chi connectivity index (χ0) is 22.2. The molecule has 3 aromatic rings. The number of hydrogen-bond acceptors (Lipinski definition) is 7. The van der Waals surface area contributed by atoms with Gasteiger partial charge in [0.05, 0.1) is 28.9 Å². The van der Waals surface area contributed by atoms with Crippen LogP contribution in [0.2, 0.25) is 0 Å². The minimum atomic E-state index is -2.93. The van der Waals surface area contributed by atoms with Gasteiger partial charge in [0.1, 0.15) is 15.5 Å². The summed E-state index contributed by atoms with van der Waals surface area (Å²) in [7, 11) is -2.93. The molecule has 1 fully saturated rings. The Labute approximate surface area is 182 Å². The third-order valence-electron chi connectivity index (χ3n) is 5.83. The molecular formula is C22H29N5O3S. The predicted octanol–water partition coefficient (Wildman–Crippen LogP) is 3.03. The van der Waals surface area contributed by atoms with Crippen LogP contribution in [0, 0.1) is 5.92 Å².